The average Bonchev–Trinajstić information content (AvgIpc) is 3.72. The maximum atomic E-state index is 9.81. The van der Waals surface area contributed by atoms with Crippen LogP contribution in [0.15, 0.2) is 125 Å². The highest BCUT2D eigenvalue weighted by molar-refractivity contribution is 5.95. The van der Waals surface area contributed by atoms with Gasteiger partial charge in [-0.2, -0.15) is 0 Å². The number of para-hydroxylation sites is 2. The minimum Gasteiger partial charge on any atom is -0.456 e. The normalized spacial score (nSPS) is 12.0. The van der Waals surface area contributed by atoms with Gasteiger partial charge in [0.1, 0.15) is 28.8 Å². The monoisotopic (exact) mass is 578 g/mol. The van der Waals surface area contributed by atoms with Gasteiger partial charge in [-0.3, -0.25) is 9.97 Å². The maximum absolute atomic E-state index is 9.81. The smallest absolute Gasteiger partial charge is 0.139 e. The molecular weight excluding hydrogens is 552 g/mol. The molecule has 8 heteroatoms. The van der Waals surface area contributed by atoms with E-state index in [1.165, 1.54) is 0 Å². The molecule has 1 atom stereocenters. The quantitative estimate of drug-likeness (QED) is 0.213. The first-order chi connectivity index (χ1) is 21.6. The topological polar surface area (TPSA) is 118 Å². The molecule has 44 heavy (non-hydrogen) atoms. The van der Waals surface area contributed by atoms with E-state index >= 15 is 0 Å². The number of hydrogen-bond acceptors (Lipinski definition) is 8. The van der Waals surface area contributed by atoms with E-state index in [4.69, 9.17) is 13.9 Å². The lowest BCUT2D eigenvalue weighted by Gasteiger charge is -2.09. The fourth-order valence-corrected chi connectivity index (χ4v) is 5.10. The van der Waals surface area contributed by atoms with Crippen molar-refractivity contribution in [1.29, 1.82) is 0 Å². The molecule has 2 aromatic carbocycles. The van der Waals surface area contributed by atoms with Crippen LogP contribution in [-0.2, 0) is 0 Å². The Hall–Kier alpha value is -5.70. The van der Waals surface area contributed by atoms with Crippen LogP contribution < -0.4 is 0 Å². The number of aliphatic hydroxyl groups is 2. The van der Waals surface area contributed by atoms with Crippen molar-refractivity contribution in [3.63, 3.8) is 0 Å². The highest BCUT2D eigenvalue weighted by Gasteiger charge is 2.15. The number of aliphatic hydroxyl groups excluding tert-OH is 2. The highest BCUT2D eigenvalue weighted by Crippen LogP contribution is 2.33. The van der Waals surface area contributed by atoms with E-state index in [-0.39, 0.29) is 6.61 Å². The Bertz CT molecular complexity index is 2220. The van der Waals surface area contributed by atoms with Crippen LogP contribution >= 0.6 is 0 Å². The Balaban J connectivity index is 0.000000143. The predicted octanol–water partition coefficient (Wildman–Crippen LogP) is 7.75. The Morgan fingerprint density at radius 1 is 0.659 bits per heavy atom. The largest absolute Gasteiger partial charge is 0.456 e. The second-order valence-corrected chi connectivity index (χ2v) is 10.2. The molecule has 0 saturated heterocycles. The van der Waals surface area contributed by atoms with Crippen molar-refractivity contribution in [2.75, 3.05) is 6.61 Å². The predicted molar refractivity (Wildman–Crippen MR) is 172 cm³/mol. The Morgan fingerprint density at radius 3 is 1.75 bits per heavy atom. The summed E-state index contributed by atoms with van der Waals surface area (Å²) in [6, 6.07) is 27.1. The molecule has 1 unspecified atom stereocenters. The molecule has 0 aliphatic rings. The van der Waals surface area contributed by atoms with Crippen molar-refractivity contribution < 1.29 is 19.0 Å². The van der Waals surface area contributed by atoms with Crippen LogP contribution in [0.5, 0.6) is 0 Å². The van der Waals surface area contributed by atoms with Crippen molar-refractivity contribution >= 4 is 49.8 Å². The molecule has 8 rings (SSSR count). The average molecular weight is 579 g/mol. The van der Waals surface area contributed by atoms with E-state index in [9.17, 15) is 5.11 Å². The zero-order chi connectivity index (χ0) is 30.0. The van der Waals surface area contributed by atoms with E-state index < -0.39 is 6.10 Å². The molecular formula is C36H26N4O4. The molecule has 0 spiro atoms. The molecule has 0 saturated carbocycles. The Labute approximate surface area is 251 Å². The van der Waals surface area contributed by atoms with Gasteiger partial charge in [0.05, 0.1) is 40.2 Å². The van der Waals surface area contributed by atoms with Gasteiger partial charge in [-0.1, -0.05) is 43.0 Å². The maximum Gasteiger partial charge on any atom is 0.139 e. The molecule has 2 N–H and O–H groups in total. The lowest BCUT2D eigenvalue weighted by molar-refractivity contribution is 0.0925. The summed E-state index contributed by atoms with van der Waals surface area (Å²) in [6.45, 7) is 3.40. The summed E-state index contributed by atoms with van der Waals surface area (Å²) < 4.78 is 11.8. The number of aromatic nitrogens is 4. The van der Waals surface area contributed by atoms with Crippen LogP contribution in [0.3, 0.4) is 0 Å². The fourth-order valence-electron chi connectivity index (χ4n) is 5.10. The molecule has 8 nitrogen and oxygen atoms in total. The molecule has 8 aromatic rings. The summed E-state index contributed by atoms with van der Waals surface area (Å²) in [6.07, 6.45) is 7.74. The van der Waals surface area contributed by atoms with E-state index in [0.29, 0.717) is 17.0 Å². The van der Waals surface area contributed by atoms with E-state index in [0.717, 1.165) is 60.8 Å². The second-order valence-electron chi connectivity index (χ2n) is 10.2. The first-order valence-corrected chi connectivity index (χ1v) is 14.0. The zero-order valence-corrected chi connectivity index (χ0v) is 23.5. The highest BCUT2D eigenvalue weighted by atomic mass is 16.3. The molecule has 0 radical (unpaired) electrons. The van der Waals surface area contributed by atoms with Gasteiger partial charge in [0, 0.05) is 46.3 Å². The molecule has 0 amide bonds. The van der Waals surface area contributed by atoms with E-state index in [1.807, 2.05) is 78.9 Å². The first-order valence-electron chi connectivity index (χ1n) is 14.0. The first kappa shape index (κ1) is 27.2. The number of pyridine rings is 4. The van der Waals surface area contributed by atoms with Crippen LogP contribution in [0, 0.1) is 0 Å². The Morgan fingerprint density at radius 2 is 1.20 bits per heavy atom. The number of nitrogens with zero attached hydrogens (tertiary/aromatic N) is 4. The zero-order valence-electron chi connectivity index (χ0n) is 23.5. The lowest BCUT2D eigenvalue weighted by atomic mass is 10.1. The minimum absolute atomic E-state index is 0.371. The van der Waals surface area contributed by atoms with Gasteiger partial charge < -0.3 is 19.0 Å². The van der Waals surface area contributed by atoms with Gasteiger partial charge in [0.2, 0.25) is 0 Å². The lowest BCUT2D eigenvalue weighted by Crippen LogP contribution is -2.05. The third kappa shape index (κ3) is 5.09. The van der Waals surface area contributed by atoms with Gasteiger partial charge in [-0.05, 0) is 54.6 Å². The van der Waals surface area contributed by atoms with Gasteiger partial charge in [0.15, 0.2) is 0 Å². The SMILES string of the molecule is C=Cc1ccc2cncc(-c3cc4ccccc4o3)c2n1.OCC(O)c1ccc2cncc(-c3cc4ccccc4o3)c2n1. The summed E-state index contributed by atoms with van der Waals surface area (Å²) in [7, 11) is 0. The standard InChI is InChI=1S/C18H14N2O3.C18H12N2O/c21-10-15(22)14-6-5-12-8-19-9-13(18(12)20-14)17-7-11-3-1-2-4-16(11)23-17;1-2-14-8-7-13-10-19-11-15(18(13)20-14)17-9-12-5-3-4-6-16(12)21-17/h1-9,15,21-22H,10H2;2-11H,1H2. The van der Waals surface area contributed by atoms with Crippen LogP contribution in [0.1, 0.15) is 17.5 Å². The molecule has 6 heterocycles. The third-order valence-electron chi connectivity index (χ3n) is 7.35. The number of fused-ring (bicyclic) bond motifs is 4. The van der Waals surface area contributed by atoms with E-state index in [2.05, 4.69) is 26.5 Å². The molecule has 0 bridgehead atoms. The molecule has 0 aliphatic heterocycles. The Kier molecular flexibility index (Phi) is 7.11. The van der Waals surface area contributed by atoms with Crippen LogP contribution in [0.25, 0.3) is 72.5 Å². The number of rotatable bonds is 5. The van der Waals surface area contributed by atoms with Gasteiger partial charge in [0.25, 0.3) is 0 Å². The van der Waals surface area contributed by atoms with Gasteiger partial charge >= 0.3 is 0 Å². The summed E-state index contributed by atoms with van der Waals surface area (Å²) in [4.78, 5) is 17.6. The fraction of sp³-hybridized carbons (Fsp3) is 0.0556. The van der Waals surface area contributed by atoms with Crippen molar-refractivity contribution in [1.82, 2.24) is 19.9 Å². The number of benzene rings is 2. The van der Waals surface area contributed by atoms with Crippen molar-refractivity contribution in [3.05, 3.63) is 128 Å². The molecule has 6 aromatic heterocycles. The third-order valence-corrected chi connectivity index (χ3v) is 7.35. The van der Waals surface area contributed by atoms with E-state index in [1.54, 1.807) is 36.9 Å². The van der Waals surface area contributed by atoms with Crippen LogP contribution in [0.2, 0.25) is 0 Å². The molecule has 0 fully saturated rings. The number of furan rings is 2. The second kappa shape index (κ2) is 11.5. The van der Waals surface area contributed by atoms with Gasteiger partial charge in [-0.25, -0.2) is 9.97 Å². The number of hydrogen-bond donors (Lipinski definition) is 2. The van der Waals surface area contributed by atoms with Crippen molar-refractivity contribution in [3.8, 4) is 22.6 Å². The summed E-state index contributed by atoms with van der Waals surface area (Å²) in [5, 5.41) is 22.8. The van der Waals surface area contributed by atoms with Crippen molar-refractivity contribution in [2.45, 2.75) is 6.10 Å². The van der Waals surface area contributed by atoms with Gasteiger partial charge in [-0.15, -0.1) is 0 Å². The molecule has 0 aliphatic carbocycles. The minimum atomic E-state index is -1.00. The summed E-state index contributed by atoms with van der Waals surface area (Å²) in [5.74, 6) is 1.45. The summed E-state index contributed by atoms with van der Waals surface area (Å²) >= 11 is 0. The van der Waals surface area contributed by atoms with Crippen molar-refractivity contribution in [2.24, 2.45) is 0 Å². The van der Waals surface area contributed by atoms with Crippen LogP contribution in [-0.4, -0.2) is 36.8 Å². The summed E-state index contributed by atoms with van der Waals surface area (Å²) in [5.41, 5.74) is 6.13. The van der Waals surface area contributed by atoms with Crippen LogP contribution in [0.4, 0.5) is 0 Å². The molecule has 214 valence electrons.